The molecule has 0 fully saturated rings. The Morgan fingerprint density at radius 1 is 0.824 bits per heavy atom. The second-order valence-corrected chi connectivity index (χ2v) is 3.70. The molecule has 0 spiro atoms. The van der Waals surface area contributed by atoms with Crippen molar-refractivity contribution >= 4 is 11.4 Å². The molecule has 17 heavy (non-hydrogen) atoms. The summed E-state index contributed by atoms with van der Waals surface area (Å²) in [5.41, 5.74) is 3.04. The van der Waals surface area contributed by atoms with Crippen LogP contribution in [-0.4, -0.2) is 0 Å². The molecule has 0 bridgehead atoms. The molecule has 0 radical (unpaired) electrons. The number of benzene rings is 2. The zero-order valence-corrected chi connectivity index (χ0v) is 9.71. The van der Waals surface area contributed by atoms with Crippen molar-refractivity contribution in [3.8, 4) is 0 Å². The number of nitrogens with zero attached hydrogens (tertiary/aromatic N) is 1. The Labute approximate surface area is 102 Å². The largest absolute Gasteiger partial charge is 0.311 e. The van der Waals surface area contributed by atoms with Gasteiger partial charge in [0.25, 0.3) is 0 Å². The van der Waals surface area contributed by atoms with Gasteiger partial charge in [-0.1, -0.05) is 49.6 Å². The fourth-order valence-electron chi connectivity index (χ4n) is 1.73. The minimum absolute atomic E-state index is 0.863. The van der Waals surface area contributed by atoms with E-state index in [1.165, 1.54) is 0 Å². The van der Waals surface area contributed by atoms with E-state index in [-0.39, 0.29) is 0 Å². The summed E-state index contributed by atoms with van der Waals surface area (Å²) in [4.78, 5) is 2.08. The Balaban J connectivity index is 2.47. The summed E-state index contributed by atoms with van der Waals surface area (Å²) >= 11 is 0. The maximum Gasteiger partial charge on any atom is 0.0461 e. The van der Waals surface area contributed by atoms with Crippen LogP contribution in [0.25, 0.3) is 0 Å². The van der Waals surface area contributed by atoms with Gasteiger partial charge in [0.1, 0.15) is 0 Å². The normalized spacial score (nSPS) is 9.65. The van der Waals surface area contributed by atoms with Crippen LogP contribution in [0.3, 0.4) is 0 Å². The summed E-state index contributed by atoms with van der Waals surface area (Å²) in [6.45, 7) is 7.83. The number of para-hydroxylation sites is 2. The highest BCUT2D eigenvalue weighted by Gasteiger charge is 2.09. The lowest BCUT2D eigenvalue weighted by atomic mass is 10.2. The minimum Gasteiger partial charge on any atom is -0.311 e. The Hall–Kier alpha value is -2.28. The third-order valence-corrected chi connectivity index (χ3v) is 2.55. The van der Waals surface area contributed by atoms with E-state index >= 15 is 0 Å². The van der Waals surface area contributed by atoms with Crippen LogP contribution in [0.1, 0.15) is 0 Å². The van der Waals surface area contributed by atoms with E-state index in [4.69, 9.17) is 0 Å². The summed E-state index contributed by atoms with van der Waals surface area (Å²) in [5, 5.41) is 0. The predicted octanol–water partition coefficient (Wildman–Crippen LogP) is 4.52. The van der Waals surface area contributed by atoms with Crippen molar-refractivity contribution in [2.75, 3.05) is 4.90 Å². The summed E-state index contributed by atoms with van der Waals surface area (Å²) in [5.74, 6) is 0. The van der Waals surface area contributed by atoms with Gasteiger partial charge in [-0.05, 0) is 30.3 Å². The first-order chi connectivity index (χ1) is 8.33. The van der Waals surface area contributed by atoms with Crippen molar-refractivity contribution in [1.29, 1.82) is 0 Å². The molecule has 2 aromatic rings. The summed E-state index contributed by atoms with van der Waals surface area (Å²) < 4.78 is 0. The van der Waals surface area contributed by atoms with Gasteiger partial charge in [0.05, 0.1) is 0 Å². The van der Waals surface area contributed by atoms with Gasteiger partial charge >= 0.3 is 0 Å². The molecule has 1 heteroatoms. The van der Waals surface area contributed by atoms with Crippen LogP contribution >= 0.6 is 0 Å². The Morgan fingerprint density at radius 3 is 1.59 bits per heavy atom. The van der Waals surface area contributed by atoms with Crippen molar-refractivity contribution < 1.29 is 0 Å². The standard InChI is InChI=1S/C16H15N/c1-3-14(2)17(15-10-6-4-7-11-15)16-12-8-5-9-13-16/h3-13H,1-2H2. The molecule has 0 aliphatic rings. The molecule has 0 aliphatic heterocycles. The van der Waals surface area contributed by atoms with E-state index in [0.717, 1.165) is 17.1 Å². The lowest BCUT2D eigenvalue weighted by Gasteiger charge is -2.25. The predicted molar refractivity (Wildman–Crippen MR) is 74.4 cm³/mol. The monoisotopic (exact) mass is 221 g/mol. The first-order valence-corrected chi connectivity index (χ1v) is 5.54. The number of allylic oxidation sites excluding steroid dienone is 1. The topological polar surface area (TPSA) is 3.24 Å². The van der Waals surface area contributed by atoms with Gasteiger partial charge in [0.2, 0.25) is 0 Å². The van der Waals surface area contributed by atoms with Crippen LogP contribution in [0.5, 0.6) is 0 Å². The summed E-state index contributed by atoms with van der Waals surface area (Å²) in [6.07, 6.45) is 1.76. The quantitative estimate of drug-likeness (QED) is 0.686. The summed E-state index contributed by atoms with van der Waals surface area (Å²) in [7, 11) is 0. The Kier molecular flexibility index (Phi) is 3.41. The number of anilines is 2. The molecule has 0 atom stereocenters. The van der Waals surface area contributed by atoms with Crippen LogP contribution < -0.4 is 4.90 Å². The molecule has 0 heterocycles. The maximum atomic E-state index is 4.03. The third-order valence-electron chi connectivity index (χ3n) is 2.55. The summed E-state index contributed by atoms with van der Waals surface area (Å²) in [6, 6.07) is 20.3. The highest BCUT2D eigenvalue weighted by molar-refractivity contribution is 5.69. The fourth-order valence-corrected chi connectivity index (χ4v) is 1.73. The van der Waals surface area contributed by atoms with E-state index in [0.29, 0.717) is 0 Å². The van der Waals surface area contributed by atoms with Crippen LogP contribution in [0, 0.1) is 0 Å². The molecule has 2 rings (SSSR count). The van der Waals surface area contributed by atoms with Gasteiger partial charge in [0.15, 0.2) is 0 Å². The van der Waals surface area contributed by atoms with Gasteiger partial charge in [0, 0.05) is 17.1 Å². The second kappa shape index (κ2) is 5.17. The van der Waals surface area contributed by atoms with E-state index in [9.17, 15) is 0 Å². The lowest BCUT2D eigenvalue weighted by Crippen LogP contribution is -2.13. The molecular weight excluding hydrogens is 206 g/mol. The average Bonchev–Trinajstić information content (AvgIpc) is 2.41. The smallest absolute Gasteiger partial charge is 0.0461 e. The Bertz CT molecular complexity index is 460. The SMILES string of the molecule is C=CC(=C)N(c1ccccc1)c1ccccc1. The molecule has 0 unspecified atom stereocenters. The van der Waals surface area contributed by atoms with E-state index in [1.807, 2.05) is 36.4 Å². The molecule has 0 saturated heterocycles. The zero-order valence-electron chi connectivity index (χ0n) is 9.71. The highest BCUT2D eigenvalue weighted by Crippen LogP contribution is 2.28. The van der Waals surface area contributed by atoms with Crippen molar-refractivity contribution in [2.45, 2.75) is 0 Å². The lowest BCUT2D eigenvalue weighted by molar-refractivity contribution is 1.22. The van der Waals surface area contributed by atoms with E-state index in [2.05, 4.69) is 42.3 Å². The van der Waals surface area contributed by atoms with Gasteiger partial charge in [-0.15, -0.1) is 0 Å². The van der Waals surface area contributed by atoms with Crippen LogP contribution in [-0.2, 0) is 0 Å². The Morgan fingerprint density at radius 2 is 1.24 bits per heavy atom. The van der Waals surface area contributed by atoms with Crippen LogP contribution in [0.2, 0.25) is 0 Å². The number of rotatable bonds is 4. The zero-order chi connectivity index (χ0) is 12.1. The van der Waals surface area contributed by atoms with E-state index < -0.39 is 0 Å². The van der Waals surface area contributed by atoms with E-state index in [1.54, 1.807) is 6.08 Å². The molecule has 0 saturated carbocycles. The molecule has 0 aliphatic carbocycles. The van der Waals surface area contributed by atoms with Gasteiger partial charge in [-0.25, -0.2) is 0 Å². The molecule has 0 aromatic heterocycles. The first-order valence-electron chi connectivity index (χ1n) is 5.54. The molecule has 2 aromatic carbocycles. The third kappa shape index (κ3) is 2.45. The first kappa shape index (κ1) is 11.2. The average molecular weight is 221 g/mol. The van der Waals surface area contributed by atoms with Crippen LogP contribution in [0.15, 0.2) is 85.6 Å². The number of hydrogen-bond donors (Lipinski definition) is 0. The molecule has 1 nitrogen and oxygen atoms in total. The second-order valence-electron chi connectivity index (χ2n) is 3.70. The number of hydrogen-bond acceptors (Lipinski definition) is 1. The van der Waals surface area contributed by atoms with Crippen LogP contribution in [0.4, 0.5) is 11.4 Å². The maximum absolute atomic E-state index is 4.03. The minimum atomic E-state index is 0.863. The van der Waals surface area contributed by atoms with Crippen molar-refractivity contribution in [2.24, 2.45) is 0 Å². The van der Waals surface area contributed by atoms with Crippen molar-refractivity contribution in [3.05, 3.63) is 85.6 Å². The molecular formula is C16H15N. The molecule has 84 valence electrons. The fraction of sp³-hybridized carbons (Fsp3) is 0. The van der Waals surface area contributed by atoms with Crippen molar-refractivity contribution in [3.63, 3.8) is 0 Å². The van der Waals surface area contributed by atoms with Crippen molar-refractivity contribution in [1.82, 2.24) is 0 Å². The molecule has 0 N–H and O–H groups in total. The molecule has 0 amide bonds. The van der Waals surface area contributed by atoms with Gasteiger partial charge in [-0.3, -0.25) is 0 Å². The van der Waals surface area contributed by atoms with Gasteiger partial charge in [-0.2, -0.15) is 0 Å². The van der Waals surface area contributed by atoms with Gasteiger partial charge < -0.3 is 4.90 Å². The highest BCUT2D eigenvalue weighted by atomic mass is 15.1.